The Bertz CT molecular complexity index is 1070. The topological polar surface area (TPSA) is 108 Å². The molecule has 0 saturated carbocycles. The maximum Gasteiger partial charge on any atom is 0.472 e. The Morgan fingerprint density at radius 1 is 0.574 bits per heavy atom. The van der Waals surface area contributed by atoms with Crippen LogP contribution in [0.25, 0.3) is 0 Å². The number of nitrogens with zero attached hydrogens (tertiary/aromatic N) is 1. The summed E-state index contributed by atoms with van der Waals surface area (Å²) in [4.78, 5) is 35.3. The molecular formula is C44H81NO8P+. The zero-order valence-electron chi connectivity index (χ0n) is 35.2. The molecular weight excluding hydrogens is 701 g/mol. The van der Waals surface area contributed by atoms with Crippen molar-refractivity contribution in [3.05, 3.63) is 48.6 Å². The highest BCUT2D eigenvalue weighted by molar-refractivity contribution is 7.47. The van der Waals surface area contributed by atoms with Crippen LogP contribution in [0.3, 0.4) is 0 Å². The third-order valence-electron chi connectivity index (χ3n) is 8.83. The first-order valence-electron chi connectivity index (χ1n) is 21.4. The van der Waals surface area contributed by atoms with Gasteiger partial charge in [-0.15, -0.1) is 0 Å². The van der Waals surface area contributed by atoms with Crippen LogP contribution in [0, 0.1) is 0 Å². The molecule has 10 heteroatoms. The molecule has 0 spiro atoms. The summed E-state index contributed by atoms with van der Waals surface area (Å²) in [6, 6.07) is 0. The van der Waals surface area contributed by atoms with Gasteiger partial charge in [0.15, 0.2) is 6.10 Å². The van der Waals surface area contributed by atoms with Gasteiger partial charge in [-0.05, 0) is 77.0 Å². The normalized spacial score (nSPS) is 14.1. The lowest BCUT2D eigenvalue weighted by atomic mass is 10.1. The zero-order valence-corrected chi connectivity index (χ0v) is 36.1. The van der Waals surface area contributed by atoms with E-state index in [-0.39, 0.29) is 32.0 Å². The number of phosphoric ester groups is 1. The Balaban J connectivity index is 4.44. The average molecular weight is 783 g/mol. The monoisotopic (exact) mass is 783 g/mol. The van der Waals surface area contributed by atoms with Crippen LogP contribution in [0.5, 0.6) is 0 Å². The number of rotatable bonds is 38. The third-order valence-corrected chi connectivity index (χ3v) is 9.82. The fraction of sp³-hybridized carbons (Fsp3) is 0.773. The Kier molecular flexibility index (Phi) is 35.2. The highest BCUT2D eigenvalue weighted by Crippen LogP contribution is 2.43. The molecule has 0 fully saturated rings. The molecule has 0 aliphatic heterocycles. The molecule has 0 rings (SSSR count). The number of esters is 2. The van der Waals surface area contributed by atoms with Crippen molar-refractivity contribution in [3.8, 4) is 0 Å². The molecule has 0 radical (unpaired) electrons. The number of ether oxygens (including phenoxy) is 2. The molecule has 1 unspecified atom stereocenters. The van der Waals surface area contributed by atoms with E-state index in [4.69, 9.17) is 18.5 Å². The van der Waals surface area contributed by atoms with Gasteiger partial charge in [0.2, 0.25) is 0 Å². The summed E-state index contributed by atoms with van der Waals surface area (Å²) in [6.07, 6.45) is 41.5. The van der Waals surface area contributed by atoms with Crippen molar-refractivity contribution in [2.75, 3.05) is 47.5 Å². The smallest absolute Gasteiger partial charge is 0.462 e. The Morgan fingerprint density at radius 3 is 1.46 bits per heavy atom. The van der Waals surface area contributed by atoms with E-state index in [9.17, 15) is 19.0 Å². The summed E-state index contributed by atoms with van der Waals surface area (Å²) >= 11 is 0. The second-order valence-electron chi connectivity index (χ2n) is 15.4. The van der Waals surface area contributed by atoms with Gasteiger partial charge >= 0.3 is 19.8 Å². The van der Waals surface area contributed by atoms with Gasteiger partial charge in [0.1, 0.15) is 19.8 Å². The molecule has 0 amide bonds. The summed E-state index contributed by atoms with van der Waals surface area (Å²) in [5.41, 5.74) is 0. The second kappa shape index (κ2) is 36.6. The summed E-state index contributed by atoms with van der Waals surface area (Å²) in [5.74, 6) is -0.834. The number of phosphoric acid groups is 1. The van der Waals surface area contributed by atoms with Gasteiger partial charge in [0.05, 0.1) is 27.7 Å². The molecule has 54 heavy (non-hydrogen) atoms. The van der Waals surface area contributed by atoms with Crippen LogP contribution >= 0.6 is 7.82 Å². The van der Waals surface area contributed by atoms with Crippen molar-refractivity contribution in [1.29, 1.82) is 0 Å². The molecule has 0 aliphatic rings. The predicted molar refractivity (Wildman–Crippen MR) is 224 cm³/mol. The standard InChI is InChI=1S/C44H80NO8P/c1-6-8-10-12-14-16-18-20-22-24-26-28-30-32-34-36-43(46)50-40-42(41-52-54(48,49)51-39-38-45(3,4)5)53-44(47)37-35-33-31-29-27-25-23-21-19-17-15-13-11-9-7-2/h14-17,20-23,42H,6-13,18-19,24-41H2,1-5H3/p+1/b16-14+,17-15+,22-20+,23-21+/t42-/m1/s1. The van der Waals surface area contributed by atoms with E-state index in [0.29, 0.717) is 17.4 Å². The Morgan fingerprint density at radius 2 is 1.00 bits per heavy atom. The summed E-state index contributed by atoms with van der Waals surface area (Å²) in [5, 5.41) is 0. The number of likely N-dealkylation sites (N-methyl/N-ethyl adjacent to an activating group) is 1. The first-order chi connectivity index (χ1) is 26.0. The molecule has 0 aromatic carbocycles. The Hall–Kier alpha value is -2.03. The van der Waals surface area contributed by atoms with E-state index < -0.39 is 26.5 Å². The van der Waals surface area contributed by atoms with Gasteiger partial charge in [-0.3, -0.25) is 18.6 Å². The van der Waals surface area contributed by atoms with Crippen LogP contribution in [0.2, 0.25) is 0 Å². The third kappa shape index (κ3) is 39.7. The highest BCUT2D eigenvalue weighted by Gasteiger charge is 2.27. The van der Waals surface area contributed by atoms with Crippen molar-refractivity contribution in [3.63, 3.8) is 0 Å². The predicted octanol–water partition coefficient (Wildman–Crippen LogP) is 11.9. The largest absolute Gasteiger partial charge is 0.472 e. The number of hydrogen-bond donors (Lipinski definition) is 1. The van der Waals surface area contributed by atoms with E-state index in [0.717, 1.165) is 83.5 Å². The SMILES string of the molecule is CCCCC/C=C/C/C=C/CCCCCCCC(=O)OC[C@H](COP(=O)(O)OCC[N+](C)(C)C)OC(=O)CCCCCCC/C=C/C/C=C/CCCCC. The van der Waals surface area contributed by atoms with Crippen molar-refractivity contribution >= 4 is 19.8 Å². The zero-order chi connectivity index (χ0) is 40.0. The maximum atomic E-state index is 12.7. The van der Waals surface area contributed by atoms with E-state index in [1.54, 1.807) is 0 Å². The van der Waals surface area contributed by atoms with E-state index in [1.165, 1.54) is 51.4 Å². The second-order valence-corrected chi connectivity index (χ2v) is 16.8. The van der Waals surface area contributed by atoms with Crippen LogP contribution in [0.1, 0.15) is 168 Å². The van der Waals surface area contributed by atoms with Crippen LogP contribution in [0.4, 0.5) is 0 Å². The van der Waals surface area contributed by atoms with Crippen LogP contribution < -0.4 is 0 Å². The highest BCUT2D eigenvalue weighted by atomic mass is 31.2. The fourth-order valence-corrected chi connectivity index (χ4v) is 6.17. The molecule has 0 aromatic heterocycles. The van der Waals surface area contributed by atoms with Crippen LogP contribution in [0.15, 0.2) is 48.6 Å². The summed E-state index contributed by atoms with van der Waals surface area (Å²) < 4.78 is 34.2. The summed E-state index contributed by atoms with van der Waals surface area (Å²) in [7, 11) is 1.45. The minimum absolute atomic E-state index is 0.0249. The van der Waals surface area contributed by atoms with E-state index in [2.05, 4.69) is 62.5 Å². The molecule has 314 valence electrons. The van der Waals surface area contributed by atoms with Gasteiger partial charge in [0, 0.05) is 12.8 Å². The Labute approximate surface area is 331 Å². The van der Waals surface area contributed by atoms with Crippen molar-refractivity contribution in [1.82, 2.24) is 0 Å². The van der Waals surface area contributed by atoms with Crippen molar-refractivity contribution in [2.24, 2.45) is 0 Å². The number of allylic oxidation sites excluding steroid dienone is 8. The lowest BCUT2D eigenvalue weighted by molar-refractivity contribution is -0.870. The number of hydrogen-bond acceptors (Lipinski definition) is 7. The van der Waals surface area contributed by atoms with Crippen LogP contribution in [-0.2, 0) is 32.7 Å². The number of carbonyl (C=O) groups excluding carboxylic acids is 2. The average Bonchev–Trinajstić information content (AvgIpc) is 3.12. The van der Waals surface area contributed by atoms with Gasteiger partial charge in [0.25, 0.3) is 0 Å². The number of quaternary nitrogens is 1. The van der Waals surface area contributed by atoms with Gasteiger partial charge < -0.3 is 18.9 Å². The van der Waals surface area contributed by atoms with Crippen molar-refractivity contribution in [2.45, 2.75) is 174 Å². The quantitative estimate of drug-likeness (QED) is 0.0217. The molecule has 9 nitrogen and oxygen atoms in total. The first-order valence-corrected chi connectivity index (χ1v) is 22.9. The lowest BCUT2D eigenvalue weighted by Gasteiger charge is -2.24. The lowest BCUT2D eigenvalue weighted by Crippen LogP contribution is -2.37. The minimum Gasteiger partial charge on any atom is -0.462 e. The molecule has 1 N–H and O–H groups in total. The summed E-state index contributed by atoms with van der Waals surface area (Å²) in [6.45, 7) is 4.32. The van der Waals surface area contributed by atoms with Crippen molar-refractivity contribution < 1.29 is 42.1 Å². The molecule has 0 heterocycles. The fourth-order valence-electron chi connectivity index (χ4n) is 5.43. The molecule has 2 atom stereocenters. The number of carbonyl (C=O) groups is 2. The minimum atomic E-state index is -4.38. The number of unbranched alkanes of at least 4 members (excludes halogenated alkanes) is 16. The van der Waals surface area contributed by atoms with Crippen LogP contribution in [-0.4, -0.2) is 74.9 Å². The molecule has 0 saturated heterocycles. The van der Waals surface area contributed by atoms with Gasteiger partial charge in [-0.1, -0.05) is 127 Å². The molecule has 0 aromatic rings. The molecule has 0 bridgehead atoms. The molecule has 0 aliphatic carbocycles. The van der Waals surface area contributed by atoms with Gasteiger partial charge in [-0.25, -0.2) is 4.57 Å². The van der Waals surface area contributed by atoms with E-state index in [1.807, 2.05) is 21.1 Å². The maximum absolute atomic E-state index is 12.7. The first kappa shape index (κ1) is 52.0. The van der Waals surface area contributed by atoms with E-state index >= 15 is 0 Å². The van der Waals surface area contributed by atoms with Gasteiger partial charge in [-0.2, -0.15) is 0 Å².